The van der Waals surface area contributed by atoms with Gasteiger partial charge in [-0.2, -0.15) is 0 Å². The van der Waals surface area contributed by atoms with E-state index < -0.39 is 0 Å². The summed E-state index contributed by atoms with van der Waals surface area (Å²) in [6.07, 6.45) is 5.83. The fraction of sp³-hybridized carbons (Fsp3) is 0.522. The summed E-state index contributed by atoms with van der Waals surface area (Å²) in [4.78, 5) is 19.4. The Balaban J connectivity index is 1.53. The van der Waals surface area contributed by atoms with E-state index in [1.165, 1.54) is 32.4 Å². The van der Waals surface area contributed by atoms with Crippen molar-refractivity contribution in [3.63, 3.8) is 0 Å². The van der Waals surface area contributed by atoms with Crippen LogP contribution in [0.4, 0.5) is 5.82 Å². The van der Waals surface area contributed by atoms with Crippen LogP contribution in [0.15, 0.2) is 30.6 Å². The van der Waals surface area contributed by atoms with Crippen molar-refractivity contribution in [2.24, 2.45) is 0 Å². The van der Waals surface area contributed by atoms with Crippen molar-refractivity contribution < 1.29 is 9.84 Å². The number of hydrogen-bond acceptors (Lipinski definition) is 7. The van der Waals surface area contributed by atoms with Gasteiger partial charge in [0.2, 0.25) is 0 Å². The number of ether oxygens (including phenoxy) is 1. The van der Waals surface area contributed by atoms with Crippen molar-refractivity contribution in [3.8, 4) is 11.4 Å². The van der Waals surface area contributed by atoms with E-state index in [1.54, 1.807) is 0 Å². The molecular weight excluding hydrogens is 392 g/mol. The highest BCUT2D eigenvalue weighted by molar-refractivity contribution is 5.85. The third-order valence-corrected chi connectivity index (χ3v) is 6.23. The molecule has 0 aliphatic carbocycles. The molecule has 2 saturated heterocycles. The first kappa shape index (κ1) is 20.4. The summed E-state index contributed by atoms with van der Waals surface area (Å²) in [5.41, 5.74) is 3.49. The summed E-state index contributed by atoms with van der Waals surface area (Å²) in [6, 6.07) is 7.81. The quantitative estimate of drug-likeness (QED) is 0.653. The number of morpholine rings is 1. The van der Waals surface area contributed by atoms with E-state index in [0.29, 0.717) is 19.0 Å². The van der Waals surface area contributed by atoms with Crippen molar-refractivity contribution in [1.29, 1.82) is 0 Å². The van der Waals surface area contributed by atoms with Crippen molar-refractivity contribution >= 4 is 17.0 Å². The Labute approximate surface area is 182 Å². The summed E-state index contributed by atoms with van der Waals surface area (Å²) in [7, 11) is 0. The lowest BCUT2D eigenvalue weighted by molar-refractivity contribution is 0.122. The maximum Gasteiger partial charge on any atom is 0.166 e. The van der Waals surface area contributed by atoms with Crippen molar-refractivity contribution in [2.75, 3.05) is 50.8 Å². The standard InChI is InChI=1S/C23H30N6O2/c30-16-18-5-4-6-19(15-18)21-25-22(28-11-13-31-14-12-28)20-23(26-21)29(17-24-20)10-9-27-7-2-1-3-8-27/h4-6,15,17,30H,1-3,7-14,16H2. The maximum atomic E-state index is 9.56. The van der Waals surface area contributed by atoms with Gasteiger partial charge in [-0.15, -0.1) is 0 Å². The number of anilines is 1. The molecule has 4 heterocycles. The van der Waals surface area contributed by atoms with Gasteiger partial charge in [-0.1, -0.05) is 24.6 Å². The largest absolute Gasteiger partial charge is 0.392 e. The molecule has 0 spiro atoms. The highest BCUT2D eigenvalue weighted by Crippen LogP contribution is 2.28. The molecule has 31 heavy (non-hydrogen) atoms. The topological polar surface area (TPSA) is 79.5 Å². The first-order valence-corrected chi connectivity index (χ1v) is 11.3. The number of fused-ring (bicyclic) bond motifs is 1. The van der Waals surface area contributed by atoms with Gasteiger partial charge >= 0.3 is 0 Å². The Morgan fingerprint density at radius 3 is 2.61 bits per heavy atom. The number of aromatic nitrogens is 4. The van der Waals surface area contributed by atoms with Crippen LogP contribution in [0, 0.1) is 0 Å². The zero-order chi connectivity index (χ0) is 21.0. The Morgan fingerprint density at radius 1 is 0.968 bits per heavy atom. The average molecular weight is 423 g/mol. The van der Waals surface area contributed by atoms with Gasteiger partial charge in [0.25, 0.3) is 0 Å². The summed E-state index contributed by atoms with van der Waals surface area (Å²) >= 11 is 0. The van der Waals surface area contributed by atoms with E-state index in [-0.39, 0.29) is 6.61 Å². The van der Waals surface area contributed by atoms with Gasteiger partial charge in [-0.3, -0.25) is 0 Å². The first-order chi connectivity index (χ1) is 15.3. The monoisotopic (exact) mass is 422 g/mol. The lowest BCUT2D eigenvalue weighted by Gasteiger charge is -2.28. The SMILES string of the molecule is OCc1cccc(-c2nc(N3CCOCC3)c3ncn(CCN4CCCCC4)c3n2)c1. The minimum atomic E-state index is 0.000171. The van der Waals surface area contributed by atoms with Crippen LogP contribution in [0.5, 0.6) is 0 Å². The van der Waals surface area contributed by atoms with Crippen LogP contribution < -0.4 is 4.90 Å². The van der Waals surface area contributed by atoms with Crippen LogP contribution in [0.1, 0.15) is 24.8 Å². The molecule has 8 nitrogen and oxygen atoms in total. The number of aliphatic hydroxyl groups is 1. The van der Waals surface area contributed by atoms with E-state index in [0.717, 1.165) is 54.3 Å². The Bertz CT molecular complexity index is 1020. The van der Waals surface area contributed by atoms with Gasteiger partial charge < -0.3 is 24.2 Å². The summed E-state index contributed by atoms with van der Waals surface area (Å²) in [5, 5.41) is 9.56. The second-order valence-electron chi connectivity index (χ2n) is 8.34. The zero-order valence-electron chi connectivity index (χ0n) is 17.9. The molecule has 8 heteroatoms. The molecule has 3 aromatic rings. The molecule has 0 unspecified atom stereocenters. The molecule has 5 rings (SSSR count). The number of hydrogen-bond donors (Lipinski definition) is 1. The fourth-order valence-electron chi connectivity index (χ4n) is 4.46. The smallest absolute Gasteiger partial charge is 0.166 e. The predicted octanol–water partition coefficient (Wildman–Crippen LogP) is 2.31. The molecule has 164 valence electrons. The van der Waals surface area contributed by atoms with Gasteiger partial charge in [0.15, 0.2) is 22.8 Å². The molecule has 1 N–H and O–H groups in total. The van der Waals surface area contributed by atoms with E-state index >= 15 is 0 Å². The van der Waals surface area contributed by atoms with Gasteiger partial charge in [0.05, 0.1) is 26.1 Å². The van der Waals surface area contributed by atoms with Gasteiger partial charge in [-0.05, 0) is 37.6 Å². The van der Waals surface area contributed by atoms with Crippen LogP contribution >= 0.6 is 0 Å². The van der Waals surface area contributed by atoms with Crippen LogP contribution in [-0.4, -0.2) is 75.5 Å². The number of imidazole rings is 1. The van der Waals surface area contributed by atoms with Crippen molar-refractivity contribution in [3.05, 3.63) is 36.2 Å². The molecule has 0 atom stereocenters. The zero-order valence-corrected chi connectivity index (χ0v) is 17.9. The number of likely N-dealkylation sites (tertiary alicyclic amines) is 1. The fourth-order valence-corrected chi connectivity index (χ4v) is 4.46. The normalized spacial score (nSPS) is 18.0. The molecule has 2 aromatic heterocycles. The molecule has 2 aliphatic heterocycles. The van der Waals surface area contributed by atoms with E-state index in [1.807, 2.05) is 30.6 Å². The third kappa shape index (κ3) is 4.42. The highest BCUT2D eigenvalue weighted by Gasteiger charge is 2.21. The molecule has 1 aromatic carbocycles. The molecule has 0 amide bonds. The number of rotatable bonds is 6. The number of nitrogens with zero attached hydrogens (tertiary/aromatic N) is 6. The summed E-state index contributed by atoms with van der Waals surface area (Å²) in [6.45, 7) is 7.21. The average Bonchev–Trinajstić information content (AvgIpc) is 3.26. The van der Waals surface area contributed by atoms with Gasteiger partial charge in [-0.25, -0.2) is 15.0 Å². The second kappa shape index (κ2) is 9.30. The lowest BCUT2D eigenvalue weighted by Crippen LogP contribution is -2.37. The molecule has 0 bridgehead atoms. The third-order valence-electron chi connectivity index (χ3n) is 6.23. The van der Waals surface area contributed by atoms with Crippen LogP contribution in [0.25, 0.3) is 22.6 Å². The Morgan fingerprint density at radius 2 is 1.81 bits per heavy atom. The lowest BCUT2D eigenvalue weighted by atomic mass is 10.1. The summed E-state index contributed by atoms with van der Waals surface area (Å²) in [5.74, 6) is 1.54. The molecular formula is C23H30N6O2. The van der Waals surface area contributed by atoms with E-state index in [4.69, 9.17) is 19.7 Å². The minimum Gasteiger partial charge on any atom is -0.392 e. The van der Waals surface area contributed by atoms with Gasteiger partial charge in [0.1, 0.15) is 0 Å². The van der Waals surface area contributed by atoms with Crippen molar-refractivity contribution in [2.45, 2.75) is 32.4 Å². The minimum absolute atomic E-state index is 0.000171. The van der Waals surface area contributed by atoms with Crippen LogP contribution in [0.2, 0.25) is 0 Å². The second-order valence-corrected chi connectivity index (χ2v) is 8.34. The highest BCUT2D eigenvalue weighted by atomic mass is 16.5. The van der Waals surface area contributed by atoms with Gasteiger partial charge in [0, 0.05) is 31.7 Å². The number of piperidine rings is 1. The molecule has 2 fully saturated rings. The number of benzene rings is 1. The van der Waals surface area contributed by atoms with E-state index in [9.17, 15) is 5.11 Å². The van der Waals surface area contributed by atoms with E-state index in [2.05, 4.69) is 14.4 Å². The Kier molecular flexibility index (Phi) is 6.11. The Hall–Kier alpha value is -2.55. The number of aliphatic hydroxyl groups excluding tert-OH is 1. The molecule has 0 saturated carbocycles. The predicted molar refractivity (Wildman–Crippen MR) is 120 cm³/mol. The maximum absolute atomic E-state index is 9.56. The van der Waals surface area contributed by atoms with Crippen LogP contribution in [0.3, 0.4) is 0 Å². The van der Waals surface area contributed by atoms with Crippen molar-refractivity contribution in [1.82, 2.24) is 24.4 Å². The molecule has 0 radical (unpaired) electrons. The molecule has 2 aliphatic rings. The first-order valence-electron chi connectivity index (χ1n) is 11.3. The van der Waals surface area contributed by atoms with Crippen LogP contribution in [-0.2, 0) is 17.9 Å². The summed E-state index contributed by atoms with van der Waals surface area (Å²) < 4.78 is 7.71.